The molecule has 0 spiro atoms. The van der Waals surface area contributed by atoms with Crippen LogP contribution in [-0.4, -0.2) is 17.4 Å². The number of aliphatic hydroxyl groups is 1. The van der Waals surface area contributed by atoms with Gasteiger partial charge in [-0.2, -0.15) is 13.2 Å². The van der Waals surface area contributed by atoms with Crippen LogP contribution in [0.1, 0.15) is 16.7 Å². The first kappa shape index (κ1) is 16.9. The topological polar surface area (TPSA) is 20.2 Å². The molecule has 118 valence electrons. The molecule has 0 heterocycles. The Balaban J connectivity index is 2.40. The van der Waals surface area contributed by atoms with Gasteiger partial charge in [-0.15, -0.1) is 0 Å². The minimum atomic E-state index is -4.76. The molecule has 23 heavy (non-hydrogen) atoms. The van der Waals surface area contributed by atoms with Crippen LogP contribution in [0.15, 0.2) is 60.2 Å². The number of benzene rings is 2. The van der Waals surface area contributed by atoms with E-state index >= 15 is 0 Å². The highest BCUT2D eigenvalue weighted by molar-refractivity contribution is 5.61. The Morgan fingerprint density at radius 3 is 2.22 bits per heavy atom. The lowest BCUT2D eigenvalue weighted by Crippen LogP contribution is -2.29. The number of aryl methyl sites for hydroxylation is 1. The Hall–Kier alpha value is -2.51. The summed E-state index contributed by atoms with van der Waals surface area (Å²) in [5.74, 6) is 5.10. The molecular weight excluding hydrogens is 301 g/mol. The summed E-state index contributed by atoms with van der Waals surface area (Å²) in [4.78, 5) is 0. The van der Waals surface area contributed by atoms with Crippen LogP contribution in [0, 0.1) is 18.8 Å². The van der Waals surface area contributed by atoms with Gasteiger partial charge in [0, 0.05) is 11.1 Å². The van der Waals surface area contributed by atoms with Crippen molar-refractivity contribution < 1.29 is 18.3 Å². The van der Waals surface area contributed by atoms with Crippen LogP contribution in [0.2, 0.25) is 0 Å². The molecular formula is C19H15F3O. The summed E-state index contributed by atoms with van der Waals surface area (Å²) in [5, 5.41) is 9.54. The van der Waals surface area contributed by atoms with Gasteiger partial charge in [-0.05, 0) is 30.7 Å². The van der Waals surface area contributed by atoms with E-state index in [4.69, 9.17) is 0 Å². The van der Waals surface area contributed by atoms with Gasteiger partial charge < -0.3 is 5.11 Å². The van der Waals surface area contributed by atoms with Crippen LogP contribution in [0.25, 0.3) is 6.08 Å². The van der Waals surface area contributed by atoms with Crippen LogP contribution in [0.5, 0.6) is 0 Å². The maximum Gasteiger partial charge on any atom is 0.419 e. The molecule has 1 atom stereocenters. The lowest BCUT2D eigenvalue weighted by atomic mass is 10.0. The zero-order valence-electron chi connectivity index (χ0n) is 12.4. The molecule has 1 nitrogen and oxygen atoms in total. The number of hydrogen-bond donors (Lipinski definition) is 1. The van der Waals surface area contributed by atoms with Gasteiger partial charge in [0.15, 0.2) is 6.10 Å². The van der Waals surface area contributed by atoms with Crippen molar-refractivity contribution in [3.05, 3.63) is 76.9 Å². The standard InChI is InChI=1S/C19H15F3O/c1-14-7-9-16(10-8-14)13-17(18(23)19(20,21)22)12-11-15-5-3-2-4-6-15/h2-10,13,18,23H,1H3/b17-13+. The van der Waals surface area contributed by atoms with Gasteiger partial charge in [-0.3, -0.25) is 0 Å². The molecule has 0 aromatic heterocycles. The molecule has 0 fully saturated rings. The molecule has 1 unspecified atom stereocenters. The predicted octanol–water partition coefficient (Wildman–Crippen LogP) is 4.35. The highest BCUT2D eigenvalue weighted by atomic mass is 19.4. The summed E-state index contributed by atoms with van der Waals surface area (Å²) in [7, 11) is 0. The molecule has 2 rings (SSSR count). The minimum absolute atomic E-state index is 0.384. The number of rotatable bonds is 2. The van der Waals surface area contributed by atoms with Crippen molar-refractivity contribution in [2.45, 2.75) is 19.2 Å². The third-order valence-corrected chi connectivity index (χ3v) is 3.13. The molecule has 0 bridgehead atoms. The highest BCUT2D eigenvalue weighted by Crippen LogP contribution is 2.26. The lowest BCUT2D eigenvalue weighted by Gasteiger charge is -2.14. The zero-order valence-corrected chi connectivity index (χ0v) is 12.4. The molecule has 0 aliphatic rings. The highest BCUT2D eigenvalue weighted by Gasteiger charge is 2.40. The Kier molecular flexibility index (Phi) is 5.25. The summed E-state index contributed by atoms with van der Waals surface area (Å²) < 4.78 is 38.5. The molecule has 2 aromatic rings. The second-order valence-electron chi connectivity index (χ2n) is 5.07. The van der Waals surface area contributed by atoms with E-state index < -0.39 is 12.3 Å². The fraction of sp³-hybridized carbons (Fsp3) is 0.158. The average Bonchev–Trinajstić information content (AvgIpc) is 2.52. The molecule has 0 saturated heterocycles. The Morgan fingerprint density at radius 1 is 1.04 bits per heavy atom. The first-order valence-corrected chi connectivity index (χ1v) is 6.96. The minimum Gasteiger partial charge on any atom is -0.379 e. The third-order valence-electron chi connectivity index (χ3n) is 3.13. The van der Waals surface area contributed by atoms with Crippen molar-refractivity contribution in [2.24, 2.45) is 0 Å². The quantitative estimate of drug-likeness (QED) is 0.817. The number of aliphatic hydroxyl groups excluding tert-OH is 1. The normalized spacial score (nSPS) is 13.2. The van der Waals surface area contributed by atoms with Gasteiger partial charge >= 0.3 is 6.18 Å². The van der Waals surface area contributed by atoms with Gasteiger partial charge in [-0.1, -0.05) is 59.9 Å². The van der Waals surface area contributed by atoms with E-state index in [1.807, 2.05) is 6.92 Å². The summed E-state index contributed by atoms with van der Waals surface area (Å²) in [5.41, 5.74) is 1.74. The van der Waals surface area contributed by atoms with E-state index in [2.05, 4.69) is 11.8 Å². The maximum absolute atomic E-state index is 12.8. The summed E-state index contributed by atoms with van der Waals surface area (Å²) in [6.45, 7) is 1.88. The molecule has 4 heteroatoms. The van der Waals surface area contributed by atoms with Crippen molar-refractivity contribution in [1.82, 2.24) is 0 Å². The predicted molar refractivity (Wildman–Crippen MR) is 84.5 cm³/mol. The SMILES string of the molecule is Cc1ccc(/C=C(\C#Cc2ccccc2)C(O)C(F)(F)F)cc1. The molecule has 0 radical (unpaired) electrons. The van der Waals surface area contributed by atoms with Crippen LogP contribution < -0.4 is 0 Å². The van der Waals surface area contributed by atoms with E-state index in [-0.39, 0.29) is 5.57 Å². The second kappa shape index (κ2) is 7.17. The van der Waals surface area contributed by atoms with Gasteiger partial charge in [-0.25, -0.2) is 0 Å². The first-order chi connectivity index (χ1) is 10.9. The maximum atomic E-state index is 12.8. The summed E-state index contributed by atoms with van der Waals surface area (Å²) in [6, 6.07) is 15.6. The van der Waals surface area contributed by atoms with E-state index in [0.29, 0.717) is 11.1 Å². The number of alkyl halides is 3. The Labute approximate surface area is 133 Å². The lowest BCUT2D eigenvalue weighted by molar-refractivity contribution is -0.189. The number of halogens is 3. The first-order valence-electron chi connectivity index (χ1n) is 6.96. The van der Waals surface area contributed by atoms with Gasteiger partial charge in [0.1, 0.15) is 0 Å². The Morgan fingerprint density at radius 2 is 1.65 bits per heavy atom. The molecule has 2 aromatic carbocycles. The van der Waals surface area contributed by atoms with Crippen LogP contribution in [0.3, 0.4) is 0 Å². The number of hydrogen-bond acceptors (Lipinski definition) is 1. The van der Waals surface area contributed by atoms with Gasteiger partial charge in [0.2, 0.25) is 0 Å². The molecule has 0 amide bonds. The van der Waals surface area contributed by atoms with Crippen LogP contribution in [-0.2, 0) is 0 Å². The van der Waals surface area contributed by atoms with E-state index in [0.717, 1.165) is 5.56 Å². The molecule has 0 saturated carbocycles. The monoisotopic (exact) mass is 316 g/mol. The zero-order chi connectivity index (χ0) is 16.9. The van der Waals surface area contributed by atoms with Gasteiger partial charge in [0.25, 0.3) is 0 Å². The van der Waals surface area contributed by atoms with Crippen molar-refractivity contribution in [3.63, 3.8) is 0 Å². The smallest absolute Gasteiger partial charge is 0.379 e. The van der Waals surface area contributed by atoms with Gasteiger partial charge in [0.05, 0.1) is 0 Å². The Bertz CT molecular complexity index is 732. The largest absolute Gasteiger partial charge is 0.419 e. The van der Waals surface area contributed by atoms with Crippen molar-refractivity contribution in [2.75, 3.05) is 0 Å². The second-order valence-corrected chi connectivity index (χ2v) is 5.07. The van der Waals surface area contributed by atoms with E-state index in [1.165, 1.54) is 6.08 Å². The van der Waals surface area contributed by atoms with E-state index in [9.17, 15) is 18.3 Å². The molecule has 1 N–H and O–H groups in total. The van der Waals surface area contributed by atoms with Crippen LogP contribution >= 0.6 is 0 Å². The third kappa shape index (κ3) is 5.01. The fourth-order valence-electron chi connectivity index (χ4n) is 1.87. The van der Waals surface area contributed by atoms with Crippen molar-refractivity contribution in [1.29, 1.82) is 0 Å². The van der Waals surface area contributed by atoms with Crippen molar-refractivity contribution in [3.8, 4) is 11.8 Å². The molecule has 0 aliphatic carbocycles. The summed E-state index contributed by atoms with van der Waals surface area (Å²) in [6.07, 6.45) is -6.12. The summed E-state index contributed by atoms with van der Waals surface area (Å²) >= 11 is 0. The average molecular weight is 316 g/mol. The fourth-order valence-corrected chi connectivity index (χ4v) is 1.87. The van der Waals surface area contributed by atoms with Crippen molar-refractivity contribution >= 4 is 6.08 Å². The van der Waals surface area contributed by atoms with Crippen LogP contribution in [0.4, 0.5) is 13.2 Å². The molecule has 0 aliphatic heterocycles. The van der Waals surface area contributed by atoms with E-state index in [1.54, 1.807) is 54.6 Å².